The van der Waals surface area contributed by atoms with Gasteiger partial charge in [-0.25, -0.2) is 0 Å². The van der Waals surface area contributed by atoms with E-state index in [4.69, 9.17) is 4.74 Å². The first-order valence-electron chi connectivity index (χ1n) is 7.22. The van der Waals surface area contributed by atoms with Gasteiger partial charge in [0.1, 0.15) is 0 Å². The first-order valence-corrected chi connectivity index (χ1v) is 8.04. The summed E-state index contributed by atoms with van der Waals surface area (Å²) in [6.07, 6.45) is 4.86. The van der Waals surface area contributed by atoms with E-state index in [2.05, 4.69) is 10.3 Å². The number of carbonyl (C=O) groups excluding carboxylic acids is 1. The molecule has 0 aromatic carbocycles. The summed E-state index contributed by atoms with van der Waals surface area (Å²) in [6.45, 7) is 1.43. The average Bonchev–Trinajstić information content (AvgIpc) is 3.19. The molecular weight excluding hydrogens is 284 g/mol. The number of ether oxygens (including phenoxy) is 1. The van der Waals surface area contributed by atoms with Crippen LogP contribution in [-0.4, -0.2) is 24.0 Å². The van der Waals surface area contributed by atoms with Crippen LogP contribution in [0.2, 0.25) is 0 Å². The predicted octanol–water partition coefficient (Wildman–Crippen LogP) is 2.97. The van der Waals surface area contributed by atoms with Crippen molar-refractivity contribution in [1.82, 2.24) is 10.3 Å². The van der Waals surface area contributed by atoms with Crippen LogP contribution in [0.25, 0.3) is 0 Å². The lowest BCUT2D eigenvalue weighted by Crippen LogP contribution is -2.25. The van der Waals surface area contributed by atoms with Crippen molar-refractivity contribution in [3.63, 3.8) is 0 Å². The minimum Gasteiger partial charge on any atom is -0.373 e. The van der Waals surface area contributed by atoms with Gasteiger partial charge in [-0.1, -0.05) is 6.07 Å². The lowest BCUT2D eigenvalue weighted by Gasteiger charge is -2.05. The molecule has 1 amide bonds. The van der Waals surface area contributed by atoms with E-state index >= 15 is 0 Å². The number of hydrogen-bond donors (Lipinski definition) is 1. The highest BCUT2D eigenvalue weighted by atomic mass is 32.1. The van der Waals surface area contributed by atoms with Crippen LogP contribution in [-0.2, 0) is 11.2 Å². The number of carbonyl (C=O) groups is 1. The molecule has 2 aromatic heterocycles. The largest absolute Gasteiger partial charge is 0.373 e. The number of nitrogens with zero attached hydrogens (tertiary/aromatic N) is 1. The van der Waals surface area contributed by atoms with E-state index in [0.717, 1.165) is 41.3 Å². The molecule has 1 saturated heterocycles. The molecule has 110 valence electrons. The molecule has 21 heavy (non-hydrogen) atoms. The summed E-state index contributed by atoms with van der Waals surface area (Å²) in [7, 11) is 0. The summed E-state index contributed by atoms with van der Waals surface area (Å²) in [4.78, 5) is 18.2. The molecule has 1 aliphatic rings. The van der Waals surface area contributed by atoms with Crippen LogP contribution in [0.4, 0.5) is 0 Å². The summed E-state index contributed by atoms with van der Waals surface area (Å²) in [5, 5.41) is 2.94. The average molecular weight is 302 g/mol. The van der Waals surface area contributed by atoms with Crippen molar-refractivity contribution in [1.29, 1.82) is 0 Å². The van der Waals surface area contributed by atoms with Crippen LogP contribution < -0.4 is 5.32 Å². The van der Waals surface area contributed by atoms with Crippen molar-refractivity contribution in [2.75, 3.05) is 13.2 Å². The Kier molecular flexibility index (Phi) is 4.62. The van der Waals surface area contributed by atoms with Gasteiger partial charge in [-0.05, 0) is 37.1 Å². The summed E-state index contributed by atoms with van der Waals surface area (Å²) in [6, 6.07) is 9.70. The normalized spacial score (nSPS) is 17.8. The van der Waals surface area contributed by atoms with Gasteiger partial charge in [-0.3, -0.25) is 9.78 Å². The Balaban J connectivity index is 1.51. The third-order valence-corrected chi connectivity index (χ3v) is 4.67. The Morgan fingerprint density at radius 1 is 1.38 bits per heavy atom. The zero-order valence-corrected chi connectivity index (χ0v) is 12.6. The smallest absolute Gasteiger partial charge is 0.261 e. The molecule has 3 rings (SSSR count). The fourth-order valence-electron chi connectivity index (χ4n) is 2.39. The summed E-state index contributed by atoms with van der Waals surface area (Å²) >= 11 is 1.53. The lowest BCUT2D eigenvalue weighted by molar-refractivity contribution is 0.0958. The predicted molar refractivity (Wildman–Crippen MR) is 82.5 cm³/mol. The van der Waals surface area contributed by atoms with Gasteiger partial charge in [0.05, 0.1) is 11.0 Å². The summed E-state index contributed by atoms with van der Waals surface area (Å²) in [5.74, 6) is -0.0137. The van der Waals surface area contributed by atoms with Crippen molar-refractivity contribution in [3.05, 3.63) is 52.0 Å². The molecule has 1 fully saturated rings. The van der Waals surface area contributed by atoms with E-state index in [1.807, 2.05) is 30.3 Å². The number of amides is 1. The molecule has 2 aromatic rings. The topological polar surface area (TPSA) is 51.2 Å². The van der Waals surface area contributed by atoms with Gasteiger partial charge in [0.25, 0.3) is 5.91 Å². The van der Waals surface area contributed by atoms with Gasteiger partial charge in [-0.15, -0.1) is 11.3 Å². The molecular formula is C16H18N2O2S. The molecule has 0 spiro atoms. The van der Waals surface area contributed by atoms with Gasteiger partial charge in [0.2, 0.25) is 0 Å². The molecule has 1 N–H and O–H groups in total. The monoisotopic (exact) mass is 302 g/mol. The van der Waals surface area contributed by atoms with Crippen LogP contribution in [0.3, 0.4) is 0 Å². The summed E-state index contributed by atoms with van der Waals surface area (Å²) in [5.41, 5.74) is 0.990. The molecule has 1 atom stereocenters. The number of hydrogen-bond acceptors (Lipinski definition) is 4. The Bertz CT molecular complexity index is 591. The van der Waals surface area contributed by atoms with E-state index in [9.17, 15) is 4.79 Å². The number of pyridine rings is 1. The van der Waals surface area contributed by atoms with Crippen molar-refractivity contribution >= 4 is 17.2 Å². The van der Waals surface area contributed by atoms with Gasteiger partial charge >= 0.3 is 0 Å². The first kappa shape index (κ1) is 14.2. The molecule has 3 heterocycles. The molecule has 1 aliphatic heterocycles. The van der Waals surface area contributed by atoms with E-state index in [0.29, 0.717) is 6.54 Å². The maximum Gasteiger partial charge on any atom is 0.261 e. The Hall–Kier alpha value is -1.72. The Labute approximate surface area is 128 Å². The number of nitrogens with one attached hydrogen (secondary N) is 1. The van der Waals surface area contributed by atoms with Crippen molar-refractivity contribution < 1.29 is 9.53 Å². The second-order valence-corrected chi connectivity index (χ2v) is 6.15. The van der Waals surface area contributed by atoms with Crippen LogP contribution in [0.5, 0.6) is 0 Å². The zero-order chi connectivity index (χ0) is 14.5. The summed E-state index contributed by atoms with van der Waals surface area (Å²) < 4.78 is 5.64. The molecule has 0 bridgehead atoms. The number of thiophene rings is 1. The second-order valence-electron chi connectivity index (χ2n) is 5.03. The highest BCUT2D eigenvalue weighted by Gasteiger charge is 2.20. The van der Waals surface area contributed by atoms with Crippen LogP contribution in [0.1, 0.15) is 39.2 Å². The number of rotatable bonds is 5. The number of aromatic nitrogens is 1. The van der Waals surface area contributed by atoms with Crippen molar-refractivity contribution in [2.24, 2.45) is 0 Å². The molecule has 0 radical (unpaired) electrons. The van der Waals surface area contributed by atoms with Gasteiger partial charge in [-0.2, -0.15) is 0 Å². The van der Waals surface area contributed by atoms with Gasteiger partial charge < -0.3 is 10.1 Å². The van der Waals surface area contributed by atoms with E-state index in [1.165, 1.54) is 11.3 Å². The molecule has 4 nitrogen and oxygen atoms in total. The molecule has 5 heteroatoms. The fourth-order valence-corrected chi connectivity index (χ4v) is 3.40. The SMILES string of the molecule is O=C(NCCc1ccccn1)c1ccc(C2CCCO2)s1. The maximum absolute atomic E-state index is 12.1. The molecule has 0 aliphatic carbocycles. The van der Waals surface area contributed by atoms with Gasteiger partial charge in [0, 0.05) is 36.3 Å². The minimum absolute atomic E-state index is 0.0137. The third-order valence-electron chi connectivity index (χ3n) is 3.49. The van der Waals surface area contributed by atoms with Crippen molar-refractivity contribution in [2.45, 2.75) is 25.4 Å². The standard InChI is InChI=1S/C16H18N2O2S/c19-16(18-10-8-12-4-1-2-9-17-12)15-7-6-14(21-15)13-5-3-11-20-13/h1-2,4,6-7,9,13H,3,5,8,10-11H2,(H,18,19). The van der Waals surface area contributed by atoms with Crippen LogP contribution >= 0.6 is 11.3 Å². The van der Waals surface area contributed by atoms with E-state index in [-0.39, 0.29) is 12.0 Å². The third kappa shape index (κ3) is 3.68. The molecule has 1 unspecified atom stereocenters. The van der Waals surface area contributed by atoms with E-state index in [1.54, 1.807) is 6.20 Å². The van der Waals surface area contributed by atoms with Crippen molar-refractivity contribution in [3.8, 4) is 0 Å². The van der Waals surface area contributed by atoms with Crippen LogP contribution in [0.15, 0.2) is 36.5 Å². The minimum atomic E-state index is -0.0137. The quantitative estimate of drug-likeness (QED) is 0.924. The molecule has 0 saturated carbocycles. The first-order chi connectivity index (χ1) is 10.3. The highest BCUT2D eigenvalue weighted by molar-refractivity contribution is 7.14. The zero-order valence-electron chi connectivity index (χ0n) is 11.7. The Morgan fingerprint density at radius 2 is 2.33 bits per heavy atom. The highest BCUT2D eigenvalue weighted by Crippen LogP contribution is 2.33. The fraction of sp³-hybridized carbons (Fsp3) is 0.375. The van der Waals surface area contributed by atoms with Crippen LogP contribution in [0, 0.1) is 0 Å². The second kappa shape index (κ2) is 6.83. The Morgan fingerprint density at radius 3 is 3.10 bits per heavy atom. The van der Waals surface area contributed by atoms with E-state index < -0.39 is 0 Å². The van der Waals surface area contributed by atoms with Gasteiger partial charge in [0.15, 0.2) is 0 Å². The lowest BCUT2D eigenvalue weighted by atomic mass is 10.2. The maximum atomic E-state index is 12.1.